The van der Waals surface area contributed by atoms with Gasteiger partial charge in [0.05, 0.1) is 11.1 Å². The molecule has 3 nitrogen and oxygen atoms in total. The highest BCUT2D eigenvalue weighted by atomic mass is 19.4. The van der Waals surface area contributed by atoms with Gasteiger partial charge in [-0.05, 0) is 54.0 Å². The molecule has 0 bridgehead atoms. The van der Waals surface area contributed by atoms with E-state index in [1.807, 2.05) is 5.48 Å². The van der Waals surface area contributed by atoms with E-state index in [2.05, 4.69) is 0 Å². The predicted octanol–water partition coefficient (Wildman–Crippen LogP) is 5.69. The average Bonchev–Trinajstić information content (AvgIpc) is 2.63. The minimum absolute atomic E-state index is 0.0769. The molecule has 152 valence electrons. The smallest absolute Gasteiger partial charge is 0.416 e. The SMILES string of the molecule is C/C(=C\CNO)c1cccc(OCc2cc(C(F)(F)F)cc(C(F)(F)F)c2)c1. The van der Waals surface area contributed by atoms with Gasteiger partial charge in [-0.25, -0.2) is 5.48 Å². The summed E-state index contributed by atoms with van der Waals surface area (Å²) in [5.74, 6) is 0.285. The number of hydrogen-bond acceptors (Lipinski definition) is 3. The average molecular weight is 405 g/mol. The second-order valence-corrected chi connectivity index (χ2v) is 5.98. The predicted molar refractivity (Wildman–Crippen MR) is 90.7 cm³/mol. The first-order chi connectivity index (χ1) is 13.0. The molecule has 0 heterocycles. The van der Waals surface area contributed by atoms with Crippen LogP contribution in [0, 0.1) is 0 Å². The second kappa shape index (κ2) is 8.66. The molecule has 0 saturated heterocycles. The highest BCUT2D eigenvalue weighted by molar-refractivity contribution is 5.65. The Kier molecular flexibility index (Phi) is 6.73. The quantitative estimate of drug-likeness (QED) is 0.480. The molecular weight excluding hydrogens is 388 g/mol. The van der Waals surface area contributed by atoms with E-state index in [1.54, 1.807) is 37.3 Å². The van der Waals surface area contributed by atoms with E-state index in [1.165, 1.54) is 0 Å². The Morgan fingerprint density at radius 3 is 2.14 bits per heavy atom. The monoisotopic (exact) mass is 405 g/mol. The molecule has 0 aliphatic rings. The minimum atomic E-state index is -4.90. The highest BCUT2D eigenvalue weighted by Gasteiger charge is 2.36. The van der Waals surface area contributed by atoms with Crippen molar-refractivity contribution in [2.24, 2.45) is 0 Å². The maximum absolute atomic E-state index is 12.9. The van der Waals surface area contributed by atoms with Crippen LogP contribution in [0.1, 0.15) is 29.2 Å². The molecule has 0 aliphatic heterocycles. The van der Waals surface area contributed by atoms with E-state index in [4.69, 9.17) is 9.94 Å². The van der Waals surface area contributed by atoms with Crippen molar-refractivity contribution in [1.82, 2.24) is 5.48 Å². The van der Waals surface area contributed by atoms with Gasteiger partial charge in [0.25, 0.3) is 0 Å². The second-order valence-electron chi connectivity index (χ2n) is 5.98. The summed E-state index contributed by atoms with van der Waals surface area (Å²) in [5.41, 5.74) is 0.485. The molecule has 9 heteroatoms. The Morgan fingerprint density at radius 2 is 1.61 bits per heavy atom. The topological polar surface area (TPSA) is 41.5 Å². The Bertz CT molecular complexity index is 811. The lowest BCUT2D eigenvalue weighted by Crippen LogP contribution is -2.12. The summed E-state index contributed by atoms with van der Waals surface area (Å²) < 4.78 is 82.8. The number of rotatable bonds is 6. The van der Waals surface area contributed by atoms with Crippen molar-refractivity contribution < 1.29 is 36.3 Å². The van der Waals surface area contributed by atoms with Crippen molar-refractivity contribution in [2.45, 2.75) is 25.9 Å². The number of benzene rings is 2. The minimum Gasteiger partial charge on any atom is -0.489 e. The number of halogens is 6. The number of allylic oxidation sites excluding steroid dienone is 1. The van der Waals surface area contributed by atoms with Crippen molar-refractivity contribution in [1.29, 1.82) is 0 Å². The third-order valence-corrected chi connectivity index (χ3v) is 3.84. The molecule has 0 saturated carbocycles. The van der Waals surface area contributed by atoms with Crippen LogP contribution >= 0.6 is 0 Å². The van der Waals surface area contributed by atoms with E-state index in [0.29, 0.717) is 12.1 Å². The first-order valence-electron chi connectivity index (χ1n) is 8.06. The van der Waals surface area contributed by atoms with Gasteiger partial charge in [0.2, 0.25) is 0 Å². The molecule has 0 fully saturated rings. The fourth-order valence-corrected chi connectivity index (χ4v) is 2.42. The van der Waals surface area contributed by atoms with Crippen molar-refractivity contribution in [3.05, 3.63) is 70.8 Å². The van der Waals surface area contributed by atoms with Gasteiger partial charge in [0.1, 0.15) is 12.4 Å². The van der Waals surface area contributed by atoms with Gasteiger partial charge < -0.3 is 9.94 Å². The third kappa shape index (κ3) is 6.00. The summed E-state index contributed by atoms with van der Waals surface area (Å²) in [4.78, 5) is 0. The number of hydrogen-bond donors (Lipinski definition) is 2. The fourth-order valence-electron chi connectivity index (χ4n) is 2.42. The molecule has 2 aromatic rings. The summed E-state index contributed by atoms with van der Waals surface area (Å²) in [7, 11) is 0. The number of ether oxygens (including phenoxy) is 1. The maximum atomic E-state index is 12.9. The van der Waals surface area contributed by atoms with Gasteiger partial charge in [0.15, 0.2) is 0 Å². The maximum Gasteiger partial charge on any atom is 0.416 e. The lowest BCUT2D eigenvalue weighted by atomic mass is 10.0. The van der Waals surface area contributed by atoms with E-state index >= 15 is 0 Å². The van der Waals surface area contributed by atoms with Gasteiger partial charge in [0, 0.05) is 6.54 Å². The molecule has 0 unspecified atom stereocenters. The van der Waals surface area contributed by atoms with Crippen molar-refractivity contribution in [3.63, 3.8) is 0 Å². The zero-order valence-electron chi connectivity index (χ0n) is 14.7. The van der Waals surface area contributed by atoms with Crippen LogP contribution in [0.2, 0.25) is 0 Å². The Balaban J connectivity index is 2.25. The molecule has 0 atom stereocenters. The van der Waals surface area contributed by atoms with Crippen LogP contribution in [-0.2, 0) is 19.0 Å². The van der Waals surface area contributed by atoms with Gasteiger partial charge in [-0.1, -0.05) is 18.2 Å². The van der Waals surface area contributed by atoms with E-state index in [-0.39, 0.29) is 23.9 Å². The first kappa shape index (κ1) is 21.8. The highest BCUT2D eigenvalue weighted by Crippen LogP contribution is 2.36. The largest absolute Gasteiger partial charge is 0.489 e. The zero-order valence-corrected chi connectivity index (χ0v) is 14.7. The zero-order chi connectivity index (χ0) is 20.9. The summed E-state index contributed by atoms with van der Waals surface area (Å²) in [6.45, 7) is 1.53. The first-order valence-corrected chi connectivity index (χ1v) is 8.06. The number of nitrogens with one attached hydrogen (secondary N) is 1. The molecule has 0 amide bonds. The molecule has 0 radical (unpaired) electrons. The van der Waals surface area contributed by atoms with Crippen molar-refractivity contribution in [2.75, 3.05) is 6.54 Å². The third-order valence-electron chi connectivity index (χ3n) is 3.84. The van der Waals surface area contributed by atoms with Crippen LogP contribution in [0.4, 0.5) is 26.3 Å². The summed E-state index contributed by atoms with van der Waals surface area (Å²) in [6.07, 6.45) is -8.11. The molecule has 0 aliphatic carbocycles. The Hall–Kier alpha value is -2.52. The molecule has 2 N–H and O–H groups in total. The lowest BCUT2D eigenvalue weighted by Gasteiger charge is -2.15. The van der Waals surface area contributed by atoms with Gasteiger partial charge in [-0.3, -0.25) is 0 Å². The molecule has 28 heavy (non-hydrogen) atoms. The Morgan fingerprint density at radius 1 is 1.00 bits per heavy atom. The normalized spacial score (nSPS) is 12.9. The summed E-state index contributed by atoms with van der Waals surface area (Å²) in [5, 5.41) is 8.61. The van der Waals surface area contributed by atoms with Crippen molar-refractivity contribution >= 4 is 5.57 Å². The van der Waals surface area contributed by atoms with Crippen LogP contribution in [0.3, 0.4) is 0 Å². The van der Waals surface area contributed by atoms with Gasteiger partial charge >= 0.3 is 12.4 Å². The molecule has 2 aromatic carbocycles. The van der Waals surface area contributed by atoms with Crippen LogP contribution in [0.15, 0.2) is 48.5 Å². The van der Waals surface area contributed by atoms with E-state index in [9.17, 15) is 26.3 Å². The molecular formula is C19H17F6NO2. The number of hydroxylamine groups is 1. The number of alkyl halides is 6. The Labute approximate surface area is 157 Å². The molecule has 0 aromatic heterocycles. The van der Waals surface area contributed by atoms with Crippen LogP contribution in [0.25, 0.3) is 5.57 Å². The summed E-state index contributed by atoms with van der Waals surface area (Å²) >= 11 is 0. The van der Waals surface area contributed by atoms with Gasteiger partial charge in [-0.2, -0.15) is 26.3 Å². The standard InChI is InChI=1S/C19H17F6NO2/c1-12(5-6-26-27)14-3-2-4-17(9-14)28-11-13-7-15(18(20,21)22)10-16(8-13)19(23,24)25/h2-5,7-10,26-27H,6,11H2,1H3/b12-5+. The fraction of sp³-hybridized carbons (Fsp3) is 0.263. The van der Waals surface area contributed by atoms with Crippen molar-refractivity contribution in [3.8, 4) is 5.75 Å². The van der Waals surface area contributed by atoms with Crippen LogP contribution in [0.5, 0.6) is 5.75 Å². The lowest BCUT2D eigenvalue weighted by molar-refractivity contribution is -0.143. The molecule has 2 rings (SSSR count). The van der Waals surface area contributed by atoms with E-state index < -0.39 is 30.1 Å². The van der Waals surface area contributed by atoms with E-state index in [0.717, 1.165) is 11.1 Å². The van der Waals surface area contributed by atoms with Crippen LogP contribution < -0.4 is 10.2 Å². The molecule has 0 spiro atoms. The summed E-state index contributed by atoms with van der Waals surface area (Å²) in [6, 6.07) is 7.88. The van der Waals surface area contributed by atoms with Gasteiger partial charge in [-0.15, -0.1) is 0 Å². The van der Waals surface area contributed by atoms with Crippen LogP contribution in [-0.4, -0.2) is 11.8 Å².